The Kier molecular flexibility index (Phi) is 6.09. The summed E-state index contributed by atoms with van der Waals surface area (Å²) in [5.41, 5.74) is 12.4. The largest absolute Gasteiger partial charge is 0.493 e. The van der Waals surface area contributed by atoms with Crippen LogP contribution in [0.5, 0.6) is 11.5 Å². The zero-order valence-corrected chi connectivity index (χ0v) is 12.0. The van der Waals surface area contributed by atoms with Gasteiger partial charge in [-0.25, -0.2) is 0 Å². The van der Waals surface area contributed by atoms with Crippen LogP contribution < -0.4 is 20.9 Å². The van der Waals surface area contributed by atoms with E-state index in [1.807, 2.05) is 32.1 Å². The summed E-state index contributed by atoms with van der Waals surface area (Å²) >= 11 is 0. The molecule has 0 aliphatic carbocycles. The lowest BCUT2D eigenvalue weighted by molar-refractivity contribution is 0.325. The average Bonchev–Trinajstić information content (AvgIpc) is 2.39. The summed E-state index contributed by atoms with van der Waals surface area (Å²) < 4.78 is 10.9. The van der Waals surface area contributed by atoms with Gasteiger partial charge in [-0.15, -0.1) is 5.10 Å². The van der Waals surface area contributed by atoms with Crippen LogP contribution >= 0.6 is 0 Å². The molecule has 0 spiro atoms. The molecule has 0 atom stereocenters. The van der Waals surface area contributed by atoms with Gasteiger partial charge < -0.3 is 20.9 Å². The zero-order valence-electron chi connectivity index (χ0n) is 12.0. The minimum Gasteiger partial charge on any atom is -0.493 e. The quantitative estimate of drug-likeness (QED) is 0.357. The SMILES string of the molecule is COc1cc(C=NN=C(N)N)ccc1OCC=C(C)C. The number of ether oxygens (including phenoxy) is 2. The maximum Gasteiger partial charge on any atom is 0.211 e. The molecule has 1 aromatic rings. The third-order valence-electron chi connectivity index (χ3n) is 2.30. The van der Waals surface area contributed by atoms with Crippen LogP contribution in [-0.4, -0.2) is 25.9 Å². The van der Waals surface area contributed by atoms with Gasteiger partial charge in [0.1, 0.15) is 6.61 Å². The number of nitrogens with two attached hydrogens (primary N) is 2. The molecule has 6 heteroatoms. The molecule has 108 valence electrons. The van der Waals surface area contributed by atoms with E-state index in [2.05, 4.69) is 10.2 Å². The molecule has 0 saturated carbocycles. The summed E-state index contributed by atoms with van der Waals surface area (Å²) in [5.74, 6) is 1.21. The van der Waals surface area contributed by atoms with Crippen molar-refractivity contribution in [2.24, 2.45) is 21.7 Å². The smallest absolute Gasteiger partial charge is 0.211 e. The van der Waals surface area contributed by atoms with Crippen molar-refractivity contribution >= 4 is 12.2 Å². The summed E-state index contributed by atoms with van der Waals surface area (Å²) in [4.78, 5) is 0. The molecular weight excluding hydrogens is 256 g/mol. The molecule has 0 heterocycles. The number of methoxy groups -OCH3 is 1. The summed E-state index contributed by atoms with van der Waals surface area (Å²) in [5, 5.41) is 7.27. The second-order valence-corrected chi connectivity index (χ2v) is 4.27. The van der Waals surface area contributed by atoms with Gasteiger partial charge in [0.15, 0.2) is 11.5 Å². The summed E-state index contributed by atoms with van der Waals surface area (Å²) in [6, 6.07) is 5.45. The Bertz CT molecular complexity index is 528. The van der Waals surface area contributed by atoms with Crippen LogP contribution in [0.4, 0.5) is 0 Å². The normalized spacial score (nSPS) is 10.2. The number of guanidine groups is 1. The summed E-state index contributed by atoms with van der Waals surface area (Å²) in [7, 11) is 1.58. The fourth-order valence-corrected chi connectivity index (χ4v) is 1.34. The first kappa shape index (κ1) is 15.6. The molecule has 20 heavy (non-hydrogen) atoms. The molecule has 0 saturated heterocycles. The Morgan fingerprint density at radius 3 is 2.60 bits per heavy atom. The van der Waals surface area contributed by atoms with Gasteiger partial charge in [0, 0.05) is 0 Å². The van der Waals surface area contributed by atoms with Crippen LogP contribution in [-0.2, 0) is 0 Å². The van der Waals surface area contributed by atoms with E-state index in [1.54, 1.807) is 13.2 Å². The first-order valence-corrected chi connectivity index (χ1v) is 6.09. The van der Waals surface area contributed by atoms with E-state index in [4.69, 9.17) is 20.9 Å². The molecule has 0 bridgehead atoms. The van der Waals surface area contributed by atoms with Crippen LogP contribution in [0.15, 0.2) is 40.1 Å². The molecule has 0 radical (unpaired) electrons. The van der Waals surface area contributed by atoms with Crippen molar-refractivity contribution in [3.63, 3.8) is 0 Å². The minimum absolute atomic E-state index is 0.0881. The number of hydrogen-bond donors (Lipinski definition) is 2. The number of hydrogen-bond acceptors (Lipinski definition) is 4. The highest BCUT2D eigenvalue weighted by Crippen LogP contribution is 2.27. The van der Waals surface area contributed by atoms with Gasteiger partial charge in [0.05, 0.1) is 13.3 Å². The second kappa shape index (κ2) is 7.83. The molecule has 4 N–H and O–H groups in total. The van der Waals surface area contributed by atoms with E-state index >= 15 is 0 Å². The summed E-state index contributed by atoms with van der Waals surface area (Å²) in [6.45, 7) is 4.54. The lowest BCUT2D eigenvalue weighted by Gasteiger charge is -2.09. The Morgan fingerprint density at radius 2 is 2.00 bits per heavy atom. The molecule has 1 rings (SSSR count). The molecule has 0 aromatic heterocycles. The van der Waals surface area contributed by atoms with Crippen molar-refractivity contribution in [3.8, 4) is 11.5 Å². The molecule has 0 aliphatic rings. The second-order valence-electron chi connectivity index (χ2n) is 4.27. The van der Waals surface area contributed by atoms with Crippen molar-refractivity contribution in [2.45, 2.75) is 13.8 Å². The topological polar surface area (TPSA) is 95.2 Å². The van der Waals surface area contributed by atoms with E-state index < -0.39 is 0 Å². The minimum atomic E-state index is -0.0881. The number of rotatable bonds is 6. The number of benzene rings is 1. The van der Waals surface area contributed by atoms with Crippen LogP contribution in [0.3, 0.4) is 0 Å². The maximum absolute atomic E-state index is 5.62. The lowest BCUT2D eigenvalue weighted by Crippen LogP contribution is -2.21. The highest BCUT2D eigenvalue weighted by Gasteiger charge is 2.04. The molecular formula is C14H20N4O2. The van der Waals surface area contributed by atoms with Crippen LogP contribution in [0.1, 0.15) is 19.4 Å². The Morgan fingerprint density at radius 1 is 1.25 bits per heavy atom. The lowest BCUT2D eigenvalue weighted by atomic mass is 10.2. The summed E-state index contributed by atoms with van der Waals surface area (Å²) in [6.07, 6.45) is 3.52. The van der Waals surface area contributed by atoms with Gasteiger partial charge in [-0.3, -0.25) is 0 Å². The van der Waals surface area contributed by atoms with Gasteiger partial charge in [-0.2, -0.15) is 5.10 Å². The third kappa shape index (κ3) is 5.43. The van der Waals surface area contributed by atoms with Gasteiger partial charge in [0.2, 0.25) is 5.96 Å². The van der Waals surface area contributed by atoms with Crippen molar-refractivity contribution in [1.82, 2.24) is 0 Å². The number of nitrogens with zero attached hydrogens (tertiary/aromatic N) is 2. The van der Waals surface area contributed by atoms with E-state index in [0.717, 1.165) is 5.56 Å². The highest BCUT2D eigenvalue weighted by molar-refractivity contribution is 5.82. The molecule has 1 aromatic carbocycles. The van der Waals surface area contributed by atoms with E-state index in [-0.39, 0.29) is 5.96 Å². The third-order valence-corrected chi connectivity index (χ3v) is 2.30. The molecule has 0 aliphatic heterocycles. The molecule has 0 fully saturated rings. The molecule has 0 amide bonds. The van der Waals surface area contributed by atoms with Crippen LogP contribution in [0.2, 0.25) is 0 Å². The fourth-order valence-electron chi connectivity index (χ4n) is 1.34. The predicted octanol–water partition coefficient (Wildman–Crippen LogP) is 1.65. The van der Waals surface area contributed by atoms with Crippen molar-refractivity contribution in [3.05, 3.63) is 35.4 Å². The molecule has 0 unspecified atom stereocenters. The predicted molar refractivity (Wildman–Crippen MR) is 81.3 cm³/mol. The zero-order chi connectivity index (χ0) is 15.0. The maximum atomic E-state index is 5.62. The monoisotopic (exact) mass is 276 g/mol. The van der Waals surface area contributed by atoms with Crippen molar-refractivity contribution in [1.29, 1.82) is 0 Å². The Labute approximate surface area is 118 Å². The standard InChI is InChI=1S/C14H20N4O2/c1-10(2)6-7-20-12-5-4-11(8-13(12)19-3)9-17-18-14(15)16/h4-6,8-9H,7H2,1-3H3,(H4,15,16,18). The average molecular weight is 276 g/mol. The van der Waals surface area contributed by atoms with Gasteiger partial charge in [-0.05, 0) is 43.7 Å². The van der Waals surface area contributed by atoms with Crippen molar-refractivity contribution < 1.29 is 9.47 Å². The van der Waals surface area contributed by atoms with E-state index in [9.17, 15) is 0 Å². The van der Waals surface area contributed by atoms with Gasteiger partial charge in [0.25, 0.3) is 0 Å². The van der Waals surface area contributed by atoms with Crippen molar-refractivity contribution in [2.75, 3.05) is 13.7 Å². The molecule has 6 nitrogen and oxygen atoms in total. The Hall–Kier alpha value is -2.50. The Balaban J connectivity index is 2.82. The highest BCUT2D eigenvalue weighted by atomic mass is 16.5. The van der Waals surface area contributed by atoms with Gasteiger partial charge >= 0.3 is 0 Å². The van der Waals surface area contributed by atoms with Crippen LogP contribution in [0, 0.1) is 0 Å². The first-order chi connectivity index (χ1) is 9.52. The van der Waals surface area contributed by atoms with Gasteiger partial charge in [-0.1, -0.05) is 5.57 Å². The fraction of sp³-hybridized carbons (Fsp3) is 0.286. The van der Waals surface area contributed by atoms with E-state index in [0.29, 0.717) is 18.1 Å². The van der Waals surface area contributed by atoms with Crippen LogP contribution in [0.25, 0.3) is 0 Å². The first-order valence-electron chi connectivity index (χ1n) is 6.09. The number of allylic oxidation sites excluding steroid dienone is 1. The van der Waals surface area contributed by atoms with E-state index in [1.165, 1.54) is 11.8 Å².